The summed E-state index contributed by atoms with van der Waals surface area (Å²) in [6.07, 6.45) is 8.25. The highest BCUT2D eigenvalue weighted by molar-refractivity contribution is 7.15. The third kappa shape index (κ3) is 5.81. The summed E-state index contributed by atoms with van der Waals surface area (Å²) < 4.78 is 5.26. The molecule has 2 N–H and O–H groups in total. The smallest absolute Gasteiger partial charge is 0.407 e. The van der Waals surface area contributed by atoms with Crippen molar-refractivity contribution in [3.05, 3.63) is 58.4 Å². The van der Waals surface area contributed by atoms with Crippen LogP contribution in [0.5, 0.6) is 0 Å². The summed E-state index contributed by atoms with van der Waals surface area (Å²) in [5.74, 6) is 0.806. The number of hydrogen-bond acceptors (Lipinski definition) is 7. The van der Waals surface area contributed by atoms with E-state index in [0.717, 1.165) is 51.4 Å². The number of nitrogens with zero attached hydrogens (tertiary/aromatic N) is 3. The molecule has 1 saturated carbocycles. The van der Waals surface area contributed by atoms with Crippen LogP contribution in [0.4, 0.5) is 10.6 Å². The van der Waals surface area contributed by atoms with Crippen molar-refractivity contribution in [2.24, 2.45) is 0 Å². The molecule has 0 aliphatic heterocycles. The van der Waals surface area contributed by atoms with E-state index >= 15 is 0 Å². The van der Waals surface area contributed by atoms with Crippen molar-refractivity contribution in [3.8, 4) is 10.6 Å². The maximum absolute atomic E-state index is 11.8. The molecular weight excluding hydrogens is 458 g/mol. The maximum Gasteiger partial charge on any atom is 0.407 e. The topological polar surface area (TPSA) is 89.0 Å². The van der Waals surface area contributed by atoms with E-state index < -0.39 is 11.7 Å². The van der Waals surface area contributed by atoms with Crippen molar-refractivity contribution in [1.82, 2.24) is 20.3 Å². The minimum atomic E-state index is -0.521. The summed E-state index contributed by atoms with van der Waals surface area (Å²) in [5, 5.41) is 7.80. The second-order valence-corrected chi connectivity index (χ2v) is 10.8. The molecule has 0 atom stereocenters. The van der Waals surface area contributed by atoms with E-state index in [2.05, 4.69) is 25.6 Å². The molecule has 7 nitrogen and oxygen atoms in total. The molecule has 3 heterocycles. The Labute approximate surface area is 203 Å². The molecule has 1 aliphatic rings. The Morgan fingerprint density at radius 2 is 2.00 bits per heavy atom. The quantitative estimate of drug-likeness (QED) is 0.438. The average Bonchev–Trinajstić information content (AvgIpc) is 3.21. The van der Waals surface area contributed by atoms with Crippen LogP contribution in [0, 0.1) is 0 Å². The number of pyridine rings is 2. The lowest BCUT2D eigenvalue weighted by Crippen LogP contribution is -2.42. The van der Waals surface area contributed by atoms with Gasteiger partial charge in [0, 0.05) is 41.0 Å². The van der Waals surface area contributed by atoms with Crippen molar-refractivity contribution in [2.75, 3.05) is 11.9 Å². The molecule has 3 aromatic rings. The van der Waals surface area contributed by atoms with Gasteiger partial charge < -0.3 is 15.4 Å². The Hall–Kier alpha value is -2.71. The molecule has 0 radical (unpaired) electrons. The van der Waals surface area contributed by atoms with Gasteiger partial charge >= 0.3 is 6.09 Å². The molecule has 4 rings (SSSR count). The molecule has 0 spiro atoms. The van der Waals surface area contributed by atoms with Gasteiger partial charge in [-0.05, 0) is 57.9 Å². The van der Waals surface area contributed by atoms with Gasteiger partial charge in [-0.15, -0.1) is 11.3 Å². The highest BCUT2D eigenvalue weighted by Gasteiger charge is 2.41. The maximum atomic E-state index is 11.8. The van der Waals surface area contributed by atoms with Crippen molar-refractivity contribution >= 4 is 34.8 Å². The van der Waals surface area contributed by atoms with Gasteiger partial charge in [0.1, 0.15) is 16.4 Å². The van der Waals surface area contributed by atoms with Crippen LogP contribution < -0.4 is 10.6 Å². The van der Waals surface area contributed by atoms with Gasteiger partial charge in [-0.1, -0.05) is 18.0 Å². The Bertz CT molecular complexity index is 1110. The molecule has 0 aromatic carbocycles. The average molecular weight is 486 g/mol. The summed E-state index contributed by atoms with van der Waals surface area (Å²) in [5.41, 5.74) is 1.34. The van der Waals surface area contributed by atoms with E-state index in [0.29, 0.717) is 6.54 Å². The number of rotatable bonds is 7. The van der Waals surface area contributed by atoms with Gasteiger partial charge in [0.25, 0.3) is 0 Å². The lowest BCUT2D eigenvalue weighted by molar-refractivity contribution is 0.0524. The molecule has 1 aliphatic carbocycles. The molecule has 0 bridgehead atoms. The molecule has 33 heavy (non-hydrogen) atoms. The predicted molar refractivity (Wildman–Crippen MR) is 132 cm³/mol. The number of alkyl carbamates (subject to hydrolysis) is 1. The Morgan fingerprint density at radius 1 is 1.18 bits per heavy atom. The lowest BCUT2D eigenvalue weighted by atomic mass is 9.66. The third-order valence-electron chi connectivity index (χ3n) is 5.55. The zero-order valence-electron chi connectivity index (χ0n) is 19.0. The van der Waals surface area contributed by atoms with Crippen molar-refractivity contribution in [2.45, 2.75) is 57.6 Å². The molecule has 174 valence electrons. The predicted octanol–water partition coefficient (Wildman–Crippen LogP) is 5.81. The van der Waals surface area contributed by atoms with E-state index in [1.807, 2.05) is 51.2 Å². The van der Waals surface area contributed by atoms with Crippen LogP contribution in [0.25, 0.3) is 10.6 Å². The zero-order valence-corrected chi connectivity index (χ0v) is 20.6. The first kappa shape index (κ1) is 23.4. The second-order valence-electron chi connectivity index (χ2n) is 9.24. The molecule has 3 aromatic heterocycles. The molecule has 1 amide bonds. The highest BCUT2D eigenvalue weighted by atomic mass is 35.5. The van der Waals surface area contributed by atoms with Gasteiger partial charge in [0.05, 0.1) is 17.3 Å². The minimum Gasteiger partial charge on any atom is -0.444 e. The summed E-state index contributed by atoms with van der Waals surface area (Å²) in [6, 6.07) is 7.73. The summed E-state index contributed by atoms with van der Waals surface area (Å²) in [4.78, 5) is 26.4. The third-order valence-corrected chi connectivity index (χ3v) is 6.90. The largest absolute Gasteiger partial charge is 0.444 e. The number of carbonyl (C=O) groups is 1. The van der Waals surface area contributed by atoms with Gasteiger partial charge in [0.2, 0.25) is 0 Å². The van der Waals surface area contributed by atoms with Gasteiger partial charge in [-0.25, -0.2) is 14.8 Å². The van der Waals surface area contributed by atoms with E-state index in [1.54, 1.807) is 12.4 Å². The number of carbonyl (C=O) groups excluding carboxylic acids is 1. The lowest BCUT2D eigenvalue weighted by Gasteiger charge is -2.42. The van der Waals surface area contributed by atoms with Crippen LogP contribution in [0.3, 0.4) is 0 Å². The van der Waals surface area contributed by atoms with Gasteiger partial charge in [-0.3, -0.25) is 4.98 Å². The first-order valence-corrected chi connectivity index (χ1v) is 12.2. The number of thiazole rings is 1. The normalized spacial score (nSPS) is 14.9. The fourth-order valence-corrected chi connectivity index (χ4v) is 4.92. The fourth-order valence-electron chi connectivity index (χ4n) is 3.76. The minimum absolute atomic E-state index is 0.0377. The fraction of sp³-hybridized carbons (Fsp3) is 0.417. The number of amides is 1. The Balaban J connectivity index is 1.34. The molecule has 0 saturated heterocycles. The van der Waals surface area contributed by atoms with Crippen LogP contribution in [0.15, 0.2) is 42.9 Å². The first-order valence-electron chi connectivity index (χ1n) is 11.0. The van der Waals surface area contributed by atoms with Crippen LogP contribution in [-0.4, -0.2) is 33.2 Å². The SMILES string of the molecule is CC(C)(C)OC(=O)NCc1cnc(-c2ccc(NCC3(c4ncccc4Cl)CCC3)nc2)s1. The van der Waals surface area contributed by atoms with Crippen molar-refractivity contribution in [3.63, 3.8) is 0 Å². The summed E-state index contributed by atoms with van der Waals surface area (Å²) in [6.45, 7) is 6.62. The van der Waals surface area contributed by atoms with E-state index in [4.69, 9.17) is 16.3 Å². The van der Waals surface area contributed by atoms with Gasteiger partial charge in [-0.2, -0.15) is 0 Å². The number of anilines is 1. The number of hydrogen-bond donors (Lipinski definition) is 2. The van der Waals surface area contributed by atoms with E-state index in [1.165, 1.54) is 17.8 Å². The molecule has 1 fully saturated rings. The van der Waals surface area contributed by atoms with E-state index in [-0.39, 0.29) is 5.41 Å². The standard InChI is InChI=1S/C24H28ClN5O2S/c1-23(2,3)32-22(31)29-14-17-13-28-21(33-17)16-7-8-19(27-12-16)30-15-24(9-5-10-24)20-18(25)6-4-11-26-20/h4,6-8,11-13H,5,9-10,14-15H2,1-3H3,(H,27,30)(H,29,31). The zero-order chi connectivity index (χ0) is 23.5. The van der Waals surface area contributed by atoms with Gasteiger partial charge in [0.15, 0.2) is 0 Å². The monoisotopic (exact) mass is 485 g/mol. The highest BCUT2D eigenvalue weighted by Crippen LogP contribution is 2.45. The number of aromatic nitrogens is 3. The van der Waals surface area contributed by atoms with Crippen molar-refractivity contribution < 1.29 is 9.53 Å². The molecular formula is C24H28ClN5O2S. The van der Waals surface area contributed by atoms with Crippen molar-refractivity contribution in [1.29, 1.82) is 0 Å². The number of nitrogens with one attached hydrogen (secondary N) is 2. The number of halogens is 1. The second kappa shape index (κ2) is 9.65. The first-order chi connectivity index (χ1) is 15.7. The van der Waals surface area contributed by atoms with E-state index in [9.17, 15) is 4.79 Å². The van der Waals surface area contributed by atoms with Crippen LogP contribution >= 0.6 is 22.9 Å². The Morgan fingerprint density at radius 3 is 2.64 bits per heavy atom. The van der Waals surface area contributed by atoms with Crippen LogP contribution in [0.1, 0.15) is 50.6 Å². The summed E-state index contributed by atoms with van der Waals surface area (Å²) >= 11 is 7.94. The number of ether oxygens (including phenoxy) is 1. The van der Waals surface area contributed by atoms with Crippen LogP contribution in [-0.2, 0) is 16.7 Å². The summed E-state index contributed by atoms with van der Waals surface area (Å²) in [7, 11) is 0. The molecule has 9 heteroatoms. The molecule has 0 unspecified atom stereocenters. The van der Waals surface area contributed by atoms with Crippen LogP contribution in [0.2, 0.25) is 5.02 Å². The Kier molecular flexibility index (Phi) is 6.86.